The van der Waals surface area contributed by atoms with E-state index in [0.717, 1.165) is 12.1 Å². The third-order valence-corrected chi connectivity index (χ3v) is 6.42. The molecule has 1 aromatic heterocycles. The highest BCUT2D eigenvalue weighted by Gasteiger charge is 2.62. The Kier molecular flexibility index (Phi) is 4.30. The Morgan fingerprint density at radius 2 is 2.07 bits per heavy atom. The third-order valence-electron chi connectivity index (χ3n) is 5.78. The highest BCUT2D eigenvalue weighted by Crippen LogP contribution is 2.53. The molecule has 0 radical (unpaired) electrons. The molecule has 2 N–H and O–H groups in total. The van der Waals surface area contributed by atoms with Crippen LogP contribution in [0.1, 0.15) is 35.3 Å². The summed E-state index contributed by atoms with van der Waals surface area (Å²) in [4.78, 5) is 32.0. The first-order chi connectivity index (χ1) is 13.0. The molecule has 0 unspecified atom stereocenters. The summed E-state index contributed by atoms with van der Waals surface area (Å²) >= 11 is 1.46. The Labute approximate surface area is 160 Å². The Hall–Kier alpha value is -2.61. The van der Waals surface area contributed by atoms with Crippen LogP contribution in [0.3, 0.4) is 0 Å². The van der Waals surface area contributed by atoms with Gasteiger partial charge in [-0.05, 0) is 31.4 Å². The molecule has 0 aliphatic carbocycles. The fourth-order valence-electron chi connectivity index (χ4n) is 4.70. The van der Waals surface area contributed by atoms with Gasteiger partial charge in [0.05, 0.1) is 23.7 Å². The number of carbonyl (C=O) groups excluding carboxylic acids is 2. The molecule has 3 heterocycles. The lowest BCUT2D eigenvalue weighted by Gasteiger charge is -2.34. The zero-order chi connectivity index (χ0) is 19.2. The van der Waals surface area contributed by atoms with Crippen LogP contribution in [-0.4, -0.2) is 51.2 Å². The second-order valence-corrected chi connectivity index (χ2v) is 7.86. The average Bonchev–Trinajstić information content (AvgIpc) is 3.36. The predicted molar refractivity (Wildman–Crippen MR) is 97.6 cm³/mol. The van der Waals surface area contributed by atoms with Gasteiger partial charge in [0.25, 0.3) is 5.91 Å². The van der Waals surface area contributed by atoms with Crippen molar-refractivity contribution in [3.8, 4) is 11.5 Å². The molecule has 4 rings (SSSR count). The largest absolute Gasteiger partial charge is 0.507 e. The minimum atomic E-state index is -0.860. The van der Waals surface area contributed by atoms with Gasteiger partial charge in [-0.1, -0.05) is 6.07 Å². The summed E-state index contributed by atoms with van der Waals surface area (Å²) in [6.07, 6.45) is 2.34. The van der Waals surface area contributed by atoms with Crippen molar-refractivity contribution in [1.82, 2.24) is 9.88 Å². The lowest BCUT2D eigenvalue weighted by molar-refractivity contribution is -0.154. The van der Waals surface area contributed by atoms with Crippen LogP contribution in [0.5, 0.6) is 11.5 Å². The number of phenolic OH excluding ortho intramolecular Hbond substituents is 2. The summed E-state index contributed by atoms with van der Waals surface area (Å²) in [7, 11) is 1.36. The van der Waals surface area contributed by atoms with E-state index in [-0.39, 0.29) is 35.1 Å². The van der Waals surface area contributed by atoms with Crippen LogP contribution in [0.2, 0.25) is 0 Å². The van der Waals surface area contributed by atoms with Gasteiger partial charge < -0.3 is 19.8 Å². The van der Waals surface area contributed by atoms with Gasteiger partial charge in [-0.2, -0.15) is 0 Å². The molecular formula is C19H20N2O5S. The van der Waals surface area contributed by atoms with E-state index in [1.54, 1.807) is 10.4 Å². The molecule has 2 bridgehead atoms. The number of carbonyl (C=O) groups is 2. The molecular weight excluding hydrogens is 368 g/mol. The summed E-state index contributed by atoms with van der Waals surface area (Å²) in [5, 5.41) is 22.1. The maximum atomic E-state index is 13.2. The summed E-state index contributed by atoms with van der Waals surface area (Å²) < 4.78 is 5.12. The van der Waals surface area contributed by atoms with E-state index in [4.69, 9.17) is 4.74 Å². The molecule has 2 saturated heterocycles. The zero-order valence-corrected chi connectivity index (χ0v) is 15.6. The van der Waals surface area contributed by atoms with Gasteiger partial charge in [-0.3, -0.25) is 9.59 Å². The second kappa shape index (κ2) is 6.53. The first-order valence-corrected chi connectivity index (χ1v) is 9.71. The number of aromatic hydroxyl groups is 2. The minimum Gasteiger partial charge on any atom is -0.507 e. The van der Waals surface area contributed by atoms with Crippen LogP contribution < -0.4 is 0 Å². The number of hydrogen-bond donors (Lipinski definition) is 2. The van der Waals surface area contributed by atoms with E-state index in [0.29, 0.717) is 19.3 Å². The molecule has 0 spiro atoms. The van der Waals surface area contributed by atoms with Crippen molar-refractivity contribution in [3.63, 3.8) is 0 Å². The molecule has 142 valence electrons. The van der Waals surface area contributed by atoms with Crippen molar-refractivity contribution in [2.24, 2.45) is 5.41 Å². The van der Waals surface area contributed by atoms with Crippen molar-refractivity contribution in [2.45, 2.75) is 37.8 Å². The number of methoxy groups -OCH3 is 1. The smallest absolute Gasteiger partial charge is 0.314 e. The van der Waals surface area contributed by atoms with E-state index in [2.05, 4.69) is 4.98 Å². The summed E-state index contributed by atoms with van der Waals surface area (Å²) in [5.41, 5.74) is 1.54. The Balaban J connectivity index is 1.72. The molecule has 7 nitrogen and oxygen atoms in total. The predicted octanol–water partition coefficient (Wildman–Crippen LogP) is 2.33. The van der Waals surface area contributed by atoms with Gasteiger partial charge in [-0.25, -0.2) is 4.98 Å². The zero-order valence-electron chi connectivity index (χ0n) is 14.8. The van der Waals surface area contributed by atoms with Gasteiger partial charge in [0.2, 0.25) is 0 Å². The van der Waals surface area contributed by atoms with Crippen molar-refractivity contribution >= 4 is 23.2 Å². The third kappa shape index (κ3) is 2.66. The lowest BCUT2D eigenvalue weighted by Crippen LogP contribution is -2.47. The number of benzene rings is 1. The van der Waals surface area contributed by atoms with Gasteiger partial charge in [0, 0.05) is 23.9 Å². The van der Waals surface area contributed by atoms with Gasteiger partial charge in [-0.15, -0.1) is 11.3 Å². The van der Waals surface area contributed by atoms with Crippen LogP contribution in [0.25, 0.3) is 0 Å². The number of fused-ring (bicyclic) bond motifs is 2. The van der Waals surface area contributed by atoms with Crippen LogP contribution in [0, 0.1) is 5.41 Å². The first kappa shape index (κ1) is 17.8. The van der Waals surface area contributed by atoms with Gasteiger partial charge in [0.1, 0.15) is 17.1 Å². The van der Waals surface area contributed by atoms with E-state index in [1.807, 2.05) is 5.38 Å². The molecule has 2 fully saturated rings. The molecule has 1 amide bonds. The molecule has 2 aliphatic rings. The number of ether oxygens (including phenoxy) is 1. The molecule has 8 heteroatoms. The first-order valence-electron chi connectivity index (χ1n) is 8.77. The second-order valence-electron chi connectivity index (χ2n) is 7.14. The van der Waals surface area contributed by atoms with E-state index in [9.17, 15) is 19.8 Å². The van der Waals surface area contributed by atoms with Crippen molar-refractivity contribution < 1.29 is 24.5 Å². The molecule has 27 heavy (non-hydrogen) atoms. The summed E-state index contributed by atoms with van der Waals surface area (Å²) in [5.74, 6) is -1.34. The van der Waals surface area contributed by atoms with Crippen LogP contribution in [0.4, 0.5) is 0 Å². The monoisotopic (exact) mass is 388 g/mol. The fourth-order valence-corrected chi connectivity index (χ4v) is 5.26. The SMILES string of the molecule is COC(=O)[C@@]1(Cc2cscn2)C[C@H]2CC[C@@H]1N2C(=O)c1c(O)cccc1O. The van der Waals surface area contributed by atoms with Crippen molar-refractivity contribution in [1.29, 1.82) is 0 Å². The highest BCUT2D eigenvalue weighted by atomic mass is 32.1. The number of thiazole rings is 1. The number of amides is 1. The van der Waals surface area contributed by atoms with Crippen LogP contribution in [0.15, 0.2) is 29.1 Å². The van der Waals surface area contributed by atoms with Crippen molar-refractivity contribution in [3.05, 3.63) is 40.3 Å². The van der Waals surface area contributed by atoms with E-state index in [1.165, 1.54) is 36.6 Å². The van der Waals surface area contributed by atoms with E-state index < -0.39 is 11.3 Å². The van der Waals surface area contributed by atoms with E-state index >= 15 is 0 Å². The lowest BCUT2D eigenvalue weighted by atomic mass is 9.71. The summed E-state index contributed by atoms with van der Waals surface area (Å²) in [6, 6.07) is 3.71. The average molecular weight is 388 g/mol. The van der Waals surface area contributed by atoms with Gasteiger partial charge in [0.15, 0.2) is 0 Å². The Morgan fingerprint density at radius 3 is 2.70 bits per heavy atom. The number of nitrogens with zero attached hydrogens (tertiary/aromatic N) is 2. The highest BCUT2D eigenvalue weighted by molar-refractivity contribution is 7.07. The Bertz CT molecular complexity index is 864. The fraction of sp³-hybridized carbons (Fsp3) is 0.421. The number of esters is 1. The number of phenols is 2. The summed E-state index contributed by atoms with van der Waals surface area (Å²) in [6.45, 7) is 0. The van der Waals surface area contributed by atoms with Gasteiger partial charge >= 0.3 is 5.97 Å². The Morgan fingerprint density at radius 1 is 1.33 bits per heavy atom. The maximum absolute atomic E-state index is 13.2. The number of aromatic nitrogens is 1. The minimum absolute atomic E-state index is 0.122. The van der Waals surface area contributed by atoms with Crippen molar-refractivity contribution in [2.75, 3.05) is 7.11 Å². The van der Waals surface area contributed by atoms with Crippen LogP contribution in [-0.2, 0) is 16.0 Å². The molecule has 3 atom stereocenters. The normalized spacial score (nSPS) is 26.3. The standard InChI is InChI=1S/C19H20N2O5S/c1-26-18(25)19(7-11-9-27-10-20-11)8-12-5-6-15(19)21(12)17(24)16-13(22)3-2-4-14(16)23/h2-4,9-10,12,15,22-23H,5-8H2,1H3/t12-,15+,19+/m1/s1. The topological polar surface area (TPSA) is 100.0 Å². The molecule has 2 aromatic rings. The molecule has 0 saturated carbocycles. The maximum Gasteiger partial charge on any atom is 0.314 e. The number of rotatable bonds is 4. The molecule has 2 aliphatic heterocycles. The molecule has 1 aromatic carbocycles. The number of hydrogen-bond acceptors (Lipinski definition) is 7. The quantitative estimate of drug-likeness (QED) is 0.780. The van der Waals surface area contributed by atoms with Crippen LogP contribution >= 0.6 is 11.3 Å².